The monoisotopic (exact) mass is 332 g/mol. The number of carbonyl (C=O) groups is 1. The second-order valence-corrected chi connectivity index (χ2v) is 7.18. The highest BCUT2D eigenvalue weighted by Gasteiger charge is 2.30. The van der Waals surface area contributed by atoms with E-state index >= 15 is 0 Å². The summed E-state index contributed by atoms with van der Waals surface area (Å²) in [5.41, 5.74) is 6.67. The molecular formula is C19H32N4O. The number of piperazine rings is 1. The summed E-state index contributed by atoms with van der Waals surface area (Å²) in [6.45, 7) is 12.7. The second-order valence-electron chi connectivity index (χ2n) is 7.18. The van der Waals surface area contributed by atoms with E-state index in [0.29, 0.717) is 6.42 Å². The molecule has 1 amide bonds. The minimum Gasteiger partial charge on any atom is -0.330 e. The van der Waals surface area contributed by atoms with E-state index in [9.17, 15) is 4.79 Å². The van der Waals surface area contributed by atoms with E-state index in [1.165, 1.54) is 11.1 Å². The predicted octanol–water partition coefficient (Wildman–Crippen LogP) is 2.20. The fourth-order valence-electron chi connectivity index (χ4n) is 3.51. The van der Waals surface area contributed by atoms with Gasteiger partial charge >= 0.3 is 0 Å². The van der Waals surface area contributed by atoms with Crippen molar-refractivity contribution in [3.8, 4) is 0 Å². The molecule has 0 radical (unpaired) electrons. The van der Waals surface area contributed by atoms with Gasteiger partial charge in [0.05, 0.1) is 5.54 Å². The summed E-state index contributed by atoms with van der Waals surface area (Å²) in [6, 6.07) is 0. The number of nitrogens with zero attached hydrogens (tertiary/aromatic N) is 2. The maximum absolute atomic E-state index is 11.5. The molecule has 0 bridgehead atoms. The molecule has 134 valence electrons. The van der Waals surface area contributed by atoms with Crippen LogP contribution >= 0.6 is 0 Å². The van der Waals surface area contributed by atoms with Crippen LogP contribution in [0.2, 0.25) is 0 Å². The fourth-order valence-corrected chi connectivity index (χ4v) is 3.51. The third-order valence-corrected chi connectivity index (χ3v) is 4.91. The van der Waals surface area contributed by atoms with E-state index < -0.39 is 0 Å². The molecule has 2 rings (SSSR count). The van der Waals surface area contributed by atoms with Crippen LogP contribution in [0.1, 0.15) is 40.5 Å². The Morgan fingerprint density at radius 2 is 1.88 bits per heavy atom. The third kappa shape index (κ3) is 4.79. The Morgan fingerprint density at radius 3 is 2.42 bits per heavy atom. The number of hydrogen-bond donors (Lipinski definition) is 2. The molecule has 5 heteroatoms. The van der Waals surface area contributed by atoms with Gasteiger partial charge in [-0.3, -0.25) is 15.1 Å². The van der Waals surface area contributed by atoms with Crippen molar-refractivity contribution >= 4 is 5.91 Å². The zero-order valence-electron chi connectivity index (χ0n) is 15.8. The molecule has 0 saturated carbocycles. The first-order valence-electron chi connectivity index (χ1n) is 8.86. The first-order valence-corrected chi connectivity index (χ1v) is 8.86. The molecule has 2 aliphatic rings. The Balaban J connectivity index is 2.19. The van der Waals surface area contributed by atoms with Crippen molar-refractivity contribution < 1.29 is 4.79 Å². The largest absolute Gasteiger partial charge is 0.330 e. The van der Waals surface area contributed by atoms with Gasteiger partial charge in [0.25, 0.3) is 0 Å². The molecule has 0 aromatic rings. The Morgan fingerprint density at radius 1 is 1.21 bits per heavy atom. The van der Waals surface area contributed by atoms with Crippen LogP contribution in [0, 0.1) is 0 Å². The van der Waals surface area contributed by atoms with Crippen LogP contribution < -0.4 is 10.7 Å². The fraction of sp³-hybridized carbons (Fsp3) is 0.632. The Kier molecular flexibility index (Phi) is 6.38. The van der Waals surface area contributed by atoms with E-state index in [0.717, 1.165) is 38.3 Å². The van der Waals surface area contributed by atoms with Gasteiger partial charge in [-0.15, -0.1) is 0 Å². The molecule has 2 N–H and O–H groups in total. The molecule has 5 nitrogen and oxygen atoms in total. The van der Waals surface area contributed by atoms with Crippen molar-refractivity contribution in [2.75, 3.05) is 33.2 Å². The Hall–Kier alpha value is -1.43. The van der Waals surface area contributed by atoms with Gasteiger partial charge < -0.3 is 5.32 Å². The van der Waals surface area contributed by atoms with E-state index in [1.54, 1.807) is 0 Å². The van der Waals surface area contributed by atoms with Gasteiger partial charge in [0, 0.05) is 38.3 Å². The number of rotatable bonds is 5. The third-order valence-electron chi connectivity index (χ3n) is 4.91. The van der Waals surface area contributed by atoms with Gasteiger partial charge in [-0.2, -0.15) is 0 Å². The van der Waals surface area contributed by atoms with Gasteiger partial charge in [0.15, 0.2) is 0 Å². The maximum atomic E-state index is 11.5. The summed E-state index contributed by atoms with van der Waals surface area (Å²) in [6.07, 6.45) is 8.25. The number of hydrogen-bond acceptors (Lipinski definition) is 4. The second kappa shape index (κ2) is 8.10. The molecule has 0 aromatic heterocycles. The van der Waals surface area contributed by atoms with Crippen molar-refractivity contribution in [3.63, 3.8) is 0 Å². The predicted molar refractivity (Wildman–Crippen MR) is 99.3 cm³/mol. The number of nitrogens with one attached hydrogen (secondary N) is 2. The minimum absolute atomic E-state index is 0.104. The Labute approximate surface area is 146 Å². The van der Waals surface area contributed by atoms with E-state index in [4.69, 9.17) is 0 Å². The standard InChI is InChI=1S/C19H32N4O/c1-15(2)14-19(4,22-10-12-23(20-5)13-11-22)9-8-17-6-7-18(24)21-16(17)3/h8-9,14,20H,6-7,10-13H2,1-5H3,(H,21,24)/b9-8-. The molecule has 0 aliphatic carbocycles. The quantitative estimate of drug-likeness (QED) is 0.758. The number of allylic oxidation sites excluding steroid dienone is 4. The minimum atomic E-state index is -0.104. The Bertz CT molecular complexity index is 552. The van der Waals surface area contributed by atoms with Crippen molar-refractivity contribution in [2.24, 2.45) is 0 Å². The molecule has 2 heterocycles. The number of hydrazine groups is 1. The van der Waals surface area contributed by atoms with Crippen LogP contribution in [-0.2, 0) is 4.79 Å². The average molecular weight is 332 g/mol. The lowest BCUT2D eigenvalue weighted by atomic mass is 9.93. The zero-order valence-corrected chi connectivity index (χ0v) is 15.8. The van der Waals surface area contributed by atoms with E-state index in [-0.39, 0.29) is 11.4 Å². The van der Waals surface area contributed by atoms with Crippen LogP contribution in [0.4, 0.5) is 0 Å². The molecule has 1 fully saturated rings. The molecule has 1 unspecified atom stereocenters. The zero-order chi connectivity index (χ0) is 17.7. The van der Waals surface area contributed by atoms with Gasteiger partial charge in [0.1, 0.15) is 0 Å². The van der Waals surface area contributed by atoms with Gasteiger partial charge in [-0.1, -0.05) is 23.8 Å². The summed E-state index contributed by atoms with van der Waals surface area (Å²) in [4.78, 5) is 14.0. The molecule has 1 saturated heterocycles. The lowest BCUT2D eigenvalue weighted by Crippen LogP contribution is -2.56. The summed E-state index contributed by atoms with van der Waals surface area (Å²) < 4.78 is 0. The smallest absolute Gasteiger partial charge is 0.224 e. The van der Waals surface area contributed by atoms with Crippen molar-refractivity contribution in [1.82, 2.24) is 20.7 Å². The average Bonchev–Trinajstić information content (AvgIpc) is 2.53. The summed E-state index contributed by atoms with van der Waals surface area (Å²) >= 11 is 0. The van der Waals surface area contributed by atoms with Crippen molar-refractivity contribution in [3.05, 3.63) is 35.1 Å². The molecule has 24 heavy (non-hydrogen) atoms. The van der Waals surface area contributed by atoms with Crippen LogP contribution in [-0.4, -0.2) is 54.6 Å². The maximum Gasteiger partial charge on any atom is 0.224 e. The number of amides is 1. The SMILES string of the molecule is CNN1CCN(C(C)(C=C(C)C)/C=C\C2=C(C)NC(=O)CC2)CC1. The first kappa shape index (κ1) is 18.9. The molecule has 0 spiro atoms. The van der Waals surface area contributed by atoms with Crippen molar-refractivity contribution in [1.29, 1.82) is 0 Å². The lowest BCUT2D eigenvalue weighted by molar-refractivity contribution is -0.120. The topological polar surface area (TPSA) is 47.6 Å². The molecule has 2 aliphatic heterocycles. The van der Waals surface area contributed by atoms with Crippen LogP contribution in [0.3, 0.4) is 0 Å². The summed E-state index contributed by atoms with van der Waals surface area (Å²) in [5.74, 6) is 0.125. The molecule has 1 atom stereocenters. The van der Waals surface area contributed by atoms with Crippen LogP contribution in [0.25, 0.3) is 0 Å². The van der Waals surface area contributed by atoms with Gasteiger partial charge in [0.2, 0.25) is 5.91 Å². The van der Waals surface area contributed by atoms with Crippen LogP contribution in [0.15, 0.2) is 35.1 Å². The van der Waals surface area contributed by atoms with Gasteiger partial charge in [-0.05, 0) is 46.7 Å². The highest BCUT2D eigenvalue weighted by molar-refractivity contribution is 5.79. The van der Waals surface area contributed by atoms with Crippen LogP contribution in [0.5, 0.6) is 0 Å². The lowest BCUT2D eigenvalue weighted by Gasteiger charge is -2.43. The molecular weight excluding hydrogens is 300 g/mol. The van der Waals surface area contributed by atoms with E-state index in [2.05, 4.69) is 59.7 Å². The van der Waals surface area contributed by atoms with Crippen molar-refractivity contribution in [2.45, 2.75) is 46.1 Å². The summed E-state index contributed by atoms with van der Waals surface area (Å²) in [5, 5.41) is 5.20. The van der Waals surface area contributed by atoms with Gasteiger partial charge in [-0.25, -0.2) is 5.01 Å². The normalized spacial score (nSPS) is 23.3. The molecule has 0 aromatic carbocycles. The summed E-state index contributed by atoms with van der Waals surface area (Å²) in [7, 11) is 1.98. The first-order chi connectivity index (χ1) is 11.3. The van der Waals surface area contributed by atoms with E-state index in [1.807, 2.05) is 14.0 Å². The number of carbonyl (C=O) groups excluding carboxylic acids is 1. The highest BCUT2D eigenvalue weighted by atomic mass is 16.1. The highest BCUT2D eigenvalue weighted by Crippen LogP contribution is 2.25.